The van der Waals surface area contributed by atoms with Crippen LogP contribution in [0.3, 0.4) is 0 Å². The number of aliphatic hydroxyl groups is 1. The van der Waals surface area contributed by atoms with E-state index in [2.05, 4.69) is 41.5 Å². The van der Waals surface area contributed by atoms with Crippen LogP contribution in [-0.4, -0.2) is 35.2 Å². The highest BCUT2D eigenvalue weighted by atomic mass is 16.5. The van der Waals surface area contributed by atoms with Crippen LogP contribution in [0.5, 0.6) is 11.5 Å². The van der Waals surface area contributed by atoms with Gasteiger partial charge in [-0.25, -0.2) is 0 Å². The van der Waals surface area contributed by atoms with E-state index in [1.54, 1.807) is 0 Å². The number of nitrogens with one attached hydrogen (secondary N) is 1. The molecule has 30 heavy (non-hydrogen) atoms. The van der Waals surface area contributed by atoms with Crippen LogP contribution in [0.1, 0.15) is 24.8 Å². The van der Waals surface area contributed by atoms with Crippen molar-refractivity contribution in [3.8, 4) is 11.5 Å². The van der Waals surface area contributed by atoms with Gasteiger partial charge in [0.25, 0.3) is 0 Å². The molecule has 1 aliphatic rings. The topological polar surface area (TPSA) is 44.7 Å². The van der Waals surface area contributed by atoms with Crippen LogP contribution in [-0.2, 0) is 6.54 Å². The lowest BCUT2D eigenvalue weighted by atomic mass is 9.87. The number of benzene rings is 3. The molecule has 1 saturated carbocycles. The molecule has 2 N–H and O–H groups in total. The molecule has 0 amide bonds. The summed E-state index contributed by atoms with van der Waals surface area (Å²) in [6.07, 6.45) is 2.64. The first kappa shape index (κ1) is 20.5. The van der Waals surface area contributed by atoms with Crippen molar-refractivity contribution in [2.24, 2.45) is 0 Å². The zero-order valence-electron chi connectivity index (χ0n) is 17.4. The number of rotatable bonds is 7. The predicted molar refractivity (Wildman–Crippen MR) is 122 cm³/mol. The molecule has 3 atom stereocenters. The standard InChI is InChI=1S/C26H30N2O2/c1-28(19-20-10-4-2-5-11-20)25-17-9-16-24(26(25)29)27-21-12-8-15-23(18-21)30-22-13-6-3-7-14-22/h2-8,10-15,18,24-27,29H,9,16-17,19H2,1H3/t24-,25-,26+/m1/s1. The first-order valence-corrected chi connectivity index (χ1v) is 10.7. The number of likely N-dealkylation sites (N-methyl/N-ethyl adjacent to an activating group) is 1. The monoisotopic (exact) mass is 402 g/mol. The van der Waals surface area contributed by atoms with Crippen LogP contribution in [0, 0.1) is 0 Å². The Morgan fingerprint density at radius 3 is 2.37 bits per heavy atom. The molecule has 0 spiro atoms. The van der Waals surface area contributed by atoms with Gasteiger partial charge in [-0.1, -0.05) is 54.6 Å². The first-order valence-electron chi connectivity index (χ1n) is 10.7. The van der Waals surface area contributed by atoms with E-state index >= 15 is 0 Å². The van der Waals surface area contributed by atoms with Crippen molar-refractivity contribution in [3.63, 3.8) is 0 Å². The number of ether oxygens (including phenoxy) is 1. The number of hydrogen-bond acceptors (Lipinski definition) is 4. The van der Waals surface area contributed by atoms with Crippen molar-refractivity contribution in [3.05, 3.63) is 90.5 Å². The normalized spacial score (nSPS) is 21.4. The summed E-state index contributed by atoms with van der Waals surface area (Å²) in [5.74, 6) is 1.60. The van der Waals surface area contributed by atoms with E-state index in [0.717, 1.165) is 43.0 Å². The Hall–Kier alpha value is -2.82. The van der Waals surface area contributed by atoms with Crippen molar-refractivity contribution in [2.75, 3.05) is 12.4 Å². The van der Waals surface area contributed by atoms with E-state index < -0.39 is 6.10 Å². The fourth-order valence-corrected chi connectivity index (χ4v) is 4.27. The number of hydrogen-bond donors (Lipinski definition) is 2. The summed E-state index contributed by atoms with van der Waals surface area (Å²) >= 11 is 0. The second-order valence-electron chi connectivity index (χ2n) is 8.08. The van der Waals surface area contributed by atoms with Gasteiger partial charge in [-0.15, -0.1) is 0 Å². The van der Waals surface area contributed by atoms with Crippen molar-refractivity contribution in [2.45, 2.75) is 44.0 Å². The Balaban J connectivity index is 1.40. The zero-order chi connectivity index (χ0) is 20.8. The lowest BCUT2D eigenvalue weighted by Crippen LogP contribution is -2.52. The molecule has 0 radical (unpaired) electrons. The highest BCUT2D eigenvalue weighted by molar-refractivity contribution is 5.50. The molecular weight excluding hydrogens is 372 g/mol. The second-order valence-corrected chi connectivity index (χ2v) is 8.08. The summed E-state index contributed by atoms with van der Waals surface area (Å²) < 4.78 is 5.95. The minimum Gasteiger partial charge on any atom is -0.457 e. The van der Waals surface area contributed by atoms with E-state index in [4.69, 9.17) is 4.74 Å². The summed E-state index contributed by atoms with van der Waals surface area (Å²) in [5, 5.41) is 14.7. The number of nitrogens with zero attached hydrogens (tertiary/aromatic N) is 1. The third-order valence-electron chi connectivity index (χ3n) is 5.83. The Bertz CT molecular complexity index is 917. The van der Waals surface area contributed by atoms with E-state index in [-0.39, 0.29) is 12.1 Å². The summed E-state index contributed by atoms with van der Waals surface area (Å²) in [7, 11) is 2.11. The molecule has 1 aliphatic carbocycles. The number of aliphatic hydroxyl groups excluding tert-OH is 1. The highest BCUT2D eigenvalue weighted by Crippen LogP contribution is 2.29. The third kappa shape index (κ3) is 5.21. The van der Waals surface area contributed by atoms with Gasteiger partial charge in [0.1, 0.15) is 11.5 Å². The molecule has 0 saturated heterocycles. The molecule has 3 aromatic rings. The number of para-hydroxylation sites is 1. The molecule has 156 valence electrons. The molecule has 4 nitrogen and oxygen atoms in total. The van der Waals surface area contributed by atoms with Crippen molar-refractivity contribution in [1.82, 2.24) is 4.90 Å². The van der Waals surface area contributed by atoms with Crippen LogP contribution >= 0.6 is 0 Å². The van der Waals surface area contributed by atoms with E-state index in [0.29, 0.717) is 0 Å². The minimum atomic E-state index is -0.425. The first-order chi connectivity index (χ1) is 14.7. The fraction of sp³-hybridized carbons (Fsp3) is 0.308. The quantitative estimate of drug-likeness (QED) is 0.563. The second kappa shape index (κ2) is 9.79. The minimum absolute atomic E-state index is 0.0222. The maximum Gasteiger partial charge on any atom is 0.129 e. The molecule has 0 aliphatic heterocycles. The van der Waals surface area contributed by atoms with Gasteiger partial charge in [0.2, 0.25) is 0 Å². The lowest BCUT2D eigenvalue weighted by molar-refractivity contribution is 0.0202. The average Bonchev–Trinajstić information content (AvgIpc) is 2.77. The fourth-order valence-electron chi connectivity index (χ4n) is 4.27. The summed E-state index contributed by atoms with van der Waals surface area (Å²) in [5.41, 5.74) is 2.24. The average molecular weight is 403 g/mol. The molecule has 0 bridgehead atoms. The van der Waals surface area contributed by atoms with Gasteiger partial charge < -0.3 is 15.2 Å². The van der Waals surface area contributed by atoms with Crippen LogP contribution < -0.4 is 10.1 Å². The van der Waals surface area contributed by atoms with Gasteiger partial charge >= 0.3 is 0 Å². The van der Waals surface area contributed by atoms with Gasteiger partial charge in [0.15, 0.2) is 0 Å². The molecular formula is C26H30N2O2. The van der Waals surface area contributed by atoms with Crippen LogP contribution in [0.2, 0.25) is 0 Å². The Morgan fingerprint density at radius 2 is 1.60 bits per heavy atom. The summed E-state index contributed by atoms with van der Waals surface area (Å²) in [6.45, 7) is 0.843. The molecule has 0 unspecified atom stereocenters. The Kier molecular flexibility index (Phi) is 6.67. The van der Waals surface area contributed by atoms with Crippen LogP contribution in [0.25, 0.3) is 0 Å². The largest absolute Gasteiger partial charge is 0.457 e. The molecule has 0 aromatic heterocycles. The van der Waals surface area contributed by atoms with Crippen molar-refractivity contribution < 1.29 is 9.84 Å². The maximum atomic E-state index is 11.1. The smallest absolute Gasteiger partial charge is 0.129 e. The molecule has 4 heteroatoms. The Morgan fingerprint density at radius 1 is 0.900 bits per heavy atom. The molecule has 0 heterocycles. The predicted octanol–water partition coefficient (Wildman–Crippen LogP) is 5.30. The zero-order valence-corrected chi connectivity index (χ0v) is 17.4. The van der Waals surface area contributed by atoms with Crippen LogP contribution in [0.15, 0.2) is 84.9 Å². The maximum absolute atomic E-state index is 11.1. The molecule has 1 fully saturated rings. The molecule has 4 rings (SSSR count). The molecule has 3 aromatic carbocycles. The summed E-state index contributed by atoms with van der Waals surface area (Å²) in [4.78, 5) is 2.28. The third-order valence-corrected chi connectivity index (χ3v) is 5.83. The SMILES string of the molecule is CN(Cc1ccccc1)[C@@H]1CCC[C@@H](Nc2cccc(Oc3ccccc3)c2)[C@@H]1O. The van der Waals surface area contributed by atoms with Crippen molar-refractivity contribution >= 4 is 5.69 Å². The van der Waals surface area contributed by atoms with E-state index in [1.807, 2.05) is 60.7 Å². The van der Waals surface area contributed by atoms with Gasteiger partial charge in [0, 0.05) is 24.3 Å². The van der Waals surface area contributed by atoms with Gasteiger partial charge in [0.05, 0.1) is 12.1 Å². The number of anilines is 1. The van der Waals surface area contributed by atoms with E-state index in [1.165, 1.54) is 5.56 Å². The lowest BCUT2D eigenvalue weighted by Gasteiger charge is -2.40. The summed E-state index contributed by atoms with van der Waals surface area (Å²) in [6, 6.07) is 28.3. The van der Waals surface area contributed by atoms with Gasteiger partial charge in [-0.3, -0.25) is 4.90 Å². The van der Waals surface area contributed by atoms with Gasteiger partial charge in [-0.05, 0) is 56.1 Å². The van der Waals surface area contributed by atoms with Crippen LogP contribution in [0.4, 0.5) is 5.69 Å². The van der Waals surface area contributed by atoms with Gasteiger partial charge in [-0.2, -0.15) is 0 Å². The van der Waals surface area contributed by atoms with E-state index in [9.17, 15) is 5.11 Å². The Labute approximate surface area is 179 Å². The highest BCUT2D eigenvalue weighted by Gasteiger charge is 2.34. The van der Waals surface area contributed by atoms with Crippen molar-refractivity contribution in [1.29, 1.82) is 0 Å².